The number of amides is 2. The van der Waals surface area contributed by atoms with Gasteiger partial charge in [-0.05, 0) is 91.2 Å². The van der Waals surface area contributed by atoms with E-state index in [0.29, 0.717) is 56.3 Å². The Kier molecular flexibility index (Phi) is 13.2. The number of hydrogen-bond donors (Lipinski definition) is 0. The minimum Gasteiger partial charge on any atom is -0.489 e. The van der Waals surface area contributed by atoms with Crippen molar-refractivity contribution in [3.8, 4) is 5.75 Å². The quantitative estimate of drug-likeness (QED) is 0.263. The second kappa shape index (κ2) is 16.4. The average molecular weight is 633 g/mol. The fourth-order valence-corrected chi connectivity index (χ4v) is 5.88. The first-order chi connectivity index (χ1) is 21.1. The average Bonchev–Trinajstić information content (AvgIpc) is 2.97. The molecule has 0 N–H and O–H groups in total. The molecule has 1 aromatic heterocycles. The molecule has 0 aliphatic carbocycles. The molecule has 2 amide bonds. The van der Waals surface area contributed by atoms with Crippen molar-refractivity contribution in [1.29, 1.82) is 0 Å². The summed E-state index contributed by atoms with van der Waals surface area (Å²) in [4.78, 5) is 59.7. The number of pyridine rings is 1. The second-order valence-corrected chi connectivity index (χ2v) is 14.3. The van der Waals surface area contributed by atoms with Crippen LogP contribution in [0, 0.1) is 11.8 Å². The van der Waals surface area contributed by atoms with Gasteiger partial charge in [0.1, 0.15) is 36.0 Å². The molecule has 3 heterocycles. The molecule has 45 heavy (non-hydrogen) atoms. The minimum atomic E-state index is -0.671. The molecule has 0 bridgehead atoms. The number of ether oxygens (including phenoxy) is 3. The Bertz CT molecular complexity index is 1160. The number of esters is 1. The number of piperidine rings is 2. The first kappa shape index (κ1) is 36.2. The number of carbonyl (C=O) groups excluding carboxylic acids is 4. The van der Waals surface area contributed by atoms with Crippen molar-refractivity contribution in [1.82, 2.24) is 14.8 Å². The van der Waals surface area contributed by atoms with Crippen LogP contribution in [0.3, 0.4) is 0 Å². The van der Waals surface area contributed by atoms with Crippen LogP contribution in [0.5, 0.6) is 5.75 Å². The fraction of sp³-hybridized carbons (Fsp3) is 0.735. The number of Topliss-reactive ketones (excluding diaryl/α,β-unsaturated/α-hetero) is 1. The maximum atomic E-state index is 13.6. The predicted molar refractivity (Wildman–Crippen MR) is 168 cm³/mol. The van der Waals surface area contributed by atoms with E-state index in [1.54, 1.807) is 42.8 Å². The summed E-state index contributed by atoms with van der Waals surface area (Å²) in [5.41, 5.74) is -0.553. The minimum absolute atomic E-state index is 0.00865. The van der Waals surface area contributed by atoms with Gasteiger partial charge in [-0.2, -0.15) is 0 Å². The zero-order chi connectivity index (χ0) is 33.2. The van der Waals surface area contributed by atoms with Crippen molar-refractivity contribution in [3.63, 3.8) is 0 Å². The highest BCUT2D eigenvalue weighted by Crippen LogP contribution is 2.31. The third kappa shape index (κ3) is 12.6. The third-order valence-corrected chi connectivity index (χ3v) is 8.09. The van der Waals surface area contributed by atoms with Crippen molar-refractivity contribution in [2.24, 2.45) is 11.8 Å². The van der Waals surface area contributed by atoms with E-state index in [-0.39, 0.29) is 43.2 Å². The Hall–Kier alpha value is -3.24. The Labute approximate surface area is 267 Å². The van der Waals surface area contributed by atoms with Gasteiger partial charge >= 0.3 is 12.1 Å². The smallest absolute Gasteiger partial charge is 0.410 e. The lowest BCUT2D eigenvalue weighted by Crippen LogP contribution is -2.43. The van der Waals surface area contributed by atoms with Crippen molar-refractivity contribution in [3.05, 3.63) is 24.0 Å². The molecule has 2 saturated heterocycles. The number of rotatable bonds is 12. The SMILES string of the molecule is CC(C)(C)OC(=O)C[C@H](CC(=O)[C@@H]1CCCN(C(=O)CCC2CCN(C(=O)OC(C)(C)C)CC2)C1)c1cncc(OCC[18F])c1. The summed E-state index contributed by atoms with van der Waals surface area (Å²) in [6.45, 7) is 12.4. The van der Waals surface area contributed by atoms with E-state index in [2.05, 4.69) is 4.98 Å². The number of likely N-dealkylation sites (tertiary alicyclic amines) is 2. The van der Waals surface area contributed by atoms with Crippen LogP contribution in [0.2, 0.25) is 0 Å². The largest absolute Gasteiger partial charge is 0.489 e. The third-order valence-electron chi connectivity index (χ3n) is 8.09. The molecule has 2 fully saturated rings. The number of carbonyl (C=O) groups is 4. The van der Waals surface area contributed by atoms with Crippen LogP contribution in [0.1, 0.15) is 104 Å². The van der Waals surface area contributed by atoms with Gasteiger partial charge < -0.3 is 24.0 Å². The van der Waals surface area contributed by atoms with E-state index in [4.69, 9.17) is 14.2 Å². The summed E-state index contributed by atoms with van der Waals surface area (Å²) in [6, 6.07) is 1.69. The van der Waals surface area contributed by atoms with Gasteiger partial charge in [0.05, 0.1) is 12.6 Å². The van der Waals surface area contributed by atoms with Crippen LogP contribution in [0.15, 0.2) is 18.5 Å². The molecule has 2 aliphatic heterocycles. The molecule has 3 rings (SSSR count). The molecule has 10 nitrogen and oxygen atoms in total. The highest BCUT2D eigenvalue weighted by Gasteiger charge is 2.32. The standard InChI is InChI=1S/C34H52FN3O7/c1-33(2,3)44-31(41)20-26(27-18-28(22-36-21-27)43-17-13-35)19-29(39)25-8-7-14-38(23-25)30(40)10-9-24-11-15-37(16-12-24)32(42)45-34(4,5)6/h18,21-22,24-26H,7-17,19-20,23H2,1-6H3/t25-,26+/m1/s1/i35-1. The molecule has 0 aromatic carbocycles. The molecular weight excluding hydrogens is 580 g/mol. The molecule has 0 spiro atoms. The molecule has 2 atom stereocenters. The van der Waals surface area contributed by atoms with Gasteiger partial charge in [-0.25, -0.2) is 9.18 Å². The van der Waals surface area contributed by atoms with Crippen LogP contribution in [0.25, 0.3) is 0 Å². The topological polar surface area (TPSA) is 115 Å². The molecule has 0 saturated carbocycles. The van der Waals surface area contributed by atoms with Crippen molar-refractivity contribution in [2.45, 2.75) is 110 Å². The number of aromatic nitrogens is 1. The first-order valence-electron chi connectivity index (χ1n) is 16.3. The number of nitrogens with zero attached hydrogens (tertiary/aromatic N) is 3. The van der Waals surface area contributed by atoms with E-state index in [1.165, 1.54) is 6.20 Å². The zero-order valence-electron chi connectivity index (χ0n) is 27.9. The van der Waals surface area contributed by atoms with Gasteiger partial charge in [0.25, 0.3) is 0 Å². The van der Waals surface area contributed by atoms with Crippen LogP contribution in [-0.2, 0) is 23.9 Å². The summed E-state index contributed by atoms with van der Waals surface area (Å²) >= 11 is 0. The number of ketones is 1. The molecule has 0 unspecified atom stereocenters. The van der Waals surface area contributed by atoms with E-state index >= 15 is 0 Å². The maximum absolute atomic E-state index is 13.6. The van der Waals surface area contributed by atoms with Gasteiger partial charge in [0.2, 0.25) is 5.91 Å². The van der Waals surface area contributed by atoms with E-state index in [0.717, 1.165) is 25.7 Å². The molecule has 0 radical (unpaired) electrons. The first-order valence-corrected chi connectivity index (χ1v) is 16.3. The zero-order valence-corrected chi connectivity index (χ0v) is 27.9. The van der Waals surface area contributed by atoms with Gasteiger partial charge in [-0.15, -0.1) is 0 Å². The van der Waals surface area contributed by atoms with E-state index in [9.17, 15) is 23.6 Å². The molecule has 1 aromatic rings. The Morgan fingerprint density at radius 2 is 1.62 bits per heavy atom. The summed E-state index contributed by atoms with van der Waals surface area (Å²) in [5.74, 6) is -0.461. The normalized spacial score (nSPS) is 18.7. The lowest BCUT2D eigenvalue weighted by molar-refractivity contribution is -0.155. The van der Waals surface area contributed by atoms with Gasteiger partial charge in [-0.1, -0.05) is 0 Å². The Morgan fingerprint density at radius 3 is 2.27 bits per heavy atom. The monoisotopic (exact) mass is 632 g/mol. The van der Waals surface area contributed by atoms with Gasteiger partial charge in [0, 0.05) is 57.1 Å². The van der Waals surface area contributed by atoms with Gasteiger partial charge in [-0.3, -0.25) is 19.4 Å². The number of alkyl halides is 1. The van der Waals surface area contributed by atoms with Crippen LogP contribution < -0.4 is 4.74 Å². The summed E-state index contributed by atoms with van der Waals surface area (Å²) < 4.78 is 29.1. The van der Waals surface area contributed by atoms with Crippen molar-refractivity contribution < 1.29 is 37.8 Å². The van der Waals surface area contributed by atoms with E-state index in [1.807, 2.05) is 20.8 Å². The highest BCUT2D eigenvalue weighted by atomic mass is 18.2. The second-order valence-electron chi connectivity index (χ2n) is 14.3. The van der Waals surface area contributed by atoms with Crippen molar-refractivity contribution >= 4 is 23.8 Å². The predicted octanol–water partition coefficient (Wildman–Crippen LogP) is 5.87. The molecular formula is C34H52FN3O7. The molecule has 252 valence electrons. The Morgan fingerprint density at radius 1 is 0.933 bits per heavy atom. The summed E-state index contributed by atoms with van der Waals surface area (Å²) in [5, 5.41) is 0. The number of halogens is 1. The summed E-state index contributed by atoms with van der Waals surface area (Å²) in [7, 11) is 0. The lowest BCUT2D eigenvalue weighted by atomic mass is 9.84. The van der Waals surface area contributed by atoms with Gasteiger partial charge in [0.15, 0.2) is 0 Å². The molecule has 2 aliphatic rings. The summed E-state index contributed by atoms with van der Waals surface area (Å²) in [6.07, 6.45) is 7.12. The number of hydrogen-bond acceptors (Lipinski definition) is 8. The maximum Gasteiger partial charge on any atom is 0.410 e. The lowest BCUT2D eigenvalue weighted by Gasteiger charge is -2.35. The Balaban J connectivity index is 1.56. The van der Waals surface area contributed by atoms with Crippen LogP contribution in [-0.4, -0.2) is 89.2 Å². The highest BCUT2D eigenvalue weighted by molar-refractivity contribution is 5.84. The van der Waals surface area contributed by atoms with Crippen LogP contribution >= 0.6 is 0 Å². The fourth-order valence-electron chi connectivity index (χ4n) is 5.88. The molecule has 11 heteroatoms. The van der Waals surface area contributed by atoms with Crippen molar-refractivity contribution in [2.75, 3.05) is 39.5 Å². The van der Waals surface area contributed by atoms with Crippen LogP contribution in [0.4, 0.5) is 9.18 Å². The van der Waals surface area contributed by atoms with E-state index < -0.39 is 29.8 Å².